The molecule has 0 spiro atoms. The number of nitrogens with zero attached hydrogens (tertiary/aromatic N) is 5. The fraction of sp³-hybridized carbons (Fsp3) is 0.273. The van der Waals surface area contributed by atoms with Crippen LogP contribution in [0, 0.1) is 12.7 Å². The summed E-state index contributed by atoms with van der Waals surface area (Å²) in [6, 6.07) is 6.48. The van der Waals surface area contributed by atoms with E-state index in [1.54, 1.807) is 25.1 Å². The maximum Gasteiger partial charge on any atom is 0.316 e. The highest BCUT2D eigenvalue weighted by molar-refractivity contribution is 7.92. The lowest BCUT2D eigenvalue weighted by Gasteiger charge is -2.26. The predicted molar refractivity (Wildman–Crippen MR) is 128 cm³/mol. The number of sulfonamides is 1. The monoisotopic (exact) mass is 521 g/mol. The van der Waals surface area contributed by atoms with Gasteiger partial charge in [0, 0.05) is 24.6 Å². The molecule has 2 N–H and O–H groups in total. The van der Waals surface area contributed by atoms with Crippen molar-refractivity contribution < 1.29 is 26.4 Å². The summed E-state index contributed by atoms with van der Waals surface area (Å²) in [4.78, 5) is 23.8. The lowest BCUT2D eigenvalue weighted by molar-refractivity contribution is -0.115. The highest BCUT2D eigenvalue weighted by atomic mass is 32.2. The van der Waals surface area contributed by atoms with Gasteiger partial charge in [0.25, 0.3) is 0 Å². The summed E-state index contributed by atoms with van der Waals surface area (Å²) in [6.07, 6.45) is 3.37. The molecule has 0 atom stereocenters. The van der Waals surface area contributed by atoms with E-state index in [0.717, 1.165) is 22.3 Å². The zero-order valence-electron chi connectivity index (χ0n) is 19.5. The number of rotatable bonds is 8. The zero-order chi connectivity index (χ0) is 26.2. The average Bonchev–Trinajstić information content (AvgIpc) is 3.17. The first-order valence-corrected chi connectivity index (χ1v) is 12.4. The lowest BCUT2D eigenvalue weighted by Crippen LogP contribution is -2.33. The minimum absolute atomic E-state index is 0.0179. The summed E-state index contributed by atoms with van der Waals surface area (Å²) in [6.45, 7) is -2.16. The van der Waals surface area contributed by atoms with Gasteiger partial charge in [-0.2, -0.15) is 13.8 Å². The number of fused-ring (bicyclic) bond motifs is 1. The van der Waals surface area contributed by atoms with E-state index in [1.165, 1.54) is 19.3 Å². The normalized spacial score (nSPS) is 12.9. The number of carbonyl (C=O) groups is 1. The van der Waals surface area contributed by atoms with Crippen molar-refractivity contribution in [3.05, 3.63) is 59.3 Å². The van der Waals surface area contributed by atoms with Crippen LogP contribution in [0.15, 0.2) is 36.7 Å². The smallest absolute Gasteiger partial charge is 0.316 e. The molecule has 14 heteroatoms. The van der Waals surface area contributed by atoms with Gasteiger partial charge >= 0.3 is 6.55 Å². The number of hydrogen-bond acceptors (Lipinski definition) is 8. The van der Waals surface area contributed by atoms with Crippen molar-refractivity contribution in [3.63, 3.8) is 0 Å². The zero-order valence-corrected chi connectivity index (χ0v) is 20.3. The van der Waals surface area contributed by atoms with Crippen LogP contribution in [0.2, 0.25) is 0 Å². The maximum absolute atomic E-state index is 14.7. The molecule has 3 aromatic rings. The molecule has 1 amide bonds. The van der Waals surface area contributed by atoms with E-state index < -0.39 is 34.8 Å². The number of benzene rings is 1. The Kier molecular flexibility index (Phi) is 6.71. The third kappa shape index (κ3) is 5.32. The van der Waals surface area contributed by atoms with Crippen LogP contribution < -0.4 is 19.8 Å². The molecule has 4 rings (SSSR count). The molecule has 1 aliphatic rings. The molecule has 3 heterocycles. The fourth-order valence-corrected chi connectivity index (χ4v) is 4.11. The van der Waals surface area contributed by atoms with Gasteiger partial charge in [-0.3, -0.25) is 19.0 Å². The minimum Gasteiger partial charge on any atom is -0.325 e. The molecule has 190 valence electrons. The Bertz CT molecular complexity index is 1440. The second-order valence-corrected chi connectivity index (χ2v) is 10.2. The predicted octanol–water partition coefficient (Wildman–Crippen LogP) is 3.18. The van der Waals surface area contributed by atoms with Crippen LogP contribution in [0.3, 0.4) is 0 Å². The number of carbonyl (C=O) groups excluding carboxylic acids is 1. The van der Waals surface area contributed by atoms with Gasteiger partial charge in [0.1, 0.15) is 0 Å². The standard InChI is InChI=1S/C22H22F3N7O3S/c1-12-6-18(31(2)36(3,34)35)17(26-9-12)11-32(21(24)25)20-15(23)10-27-22(30-20)28-14-5-4-13-7-19(33)29-16(13)8-14/h4-6,8-10,21H,7,11H2,1-3H3,(H,29,33)(H,27,28,30). The van der Waals surface area contributed by atoms with E-state index in [0.29, 0.717) is 21.8 Å². The van der Waals surface area contributed by atoms with Crippen molar-refractivity contribution >= 4 is 44.8 Å². The highest BCUT2D eigenvalue weighted by Crippen LogP contribution is 2.30. The SMILES string of the molecule is Cc1cnc(CN(c2nc(Nc3ccc4c(c3)NC(=O)C4)ncc2F)C(F)F)c(N(C)S(C)(=O)=O)c1. The van der Waals surface area contributed by atoms with Gasteiger partial charge in [-0.1, -0.05) is 6.07 Å². The molecule has 0 unspecified atom stereocenters. The summed E-state index contributed by atoms with van der Waals surface area (Å²) in [5, 5.41) is 5.51. The van der Waals surface area contributed by atoms with E-state index in [1.807, 2.05) is 0 Å². The fourth-order valence-electron chi connectivity index (χ4n) is 3.59. The largest absolute Gasteiger partial charge is 0.325 e. The highest BCUT2D eigenvalue weighted by Gasteiger charge is 2.27. The first-order valence-electron chi connectivity index (χ1n) is 10.6. The van der Waals surface area contributed by atoms with Gasteiger partial charge < -0.3 is 10.6 Å². The van der Waals surface area contributed by atoms with E-state index in [4.69, 9.17) is 0 Å². The van der Waals surface area contributed by atoms with Gasteiger partial charge in [-0.15, -0.1) is 0 Å². The van der Waals surface area contributed by atoms with Crippen LogP contribution in [-0.4, -0.2) is 49.1 Å². The Morgan fingerprint density at radius 1 is 1.19 bits per heavy atom. The summed E-state index contributed by atoms with van der Waals surface area (Å²) in [5.74, 6) is -2.12. The Morgan fingerprint density at radius 2 is 1.94 bits per heavy atom. The minimum atomic E-state index is -3.72. The maximum atomic E-state index is 14.7. The molecule has 1 aromatic carbocycles. The summed E-state index contributed by atoms with van der Waals surface area (Å²) in [7, 11) is -2.45. The molecule has 10 nitrogen and oxygen atoms in total. The quantitative estimate of drug-likeness (QED) is 0.434. The number of amides is 1. The van der Waals surface area contributed by atoms with Crippen LogP contribution in [0.5, 0.6) is 0 Å². The van der Waals surface area contributed by atoms with E-state index in [9.17, 15) is 26.4 Å². The molecule has 36 heavy (non-hydrogen) atoms. The van der Waals surface area contributed by atoms with Gasteiger partial charge in [-0.05, 0) is 36.2 Å². The second kappa shape index (κ2) is 9.60. The summed E-state index contributed by atoms with van der Waals surface area (Å²) in [5.41, 5.74) is 2.52. The second-order valence-electron chi connectivity index (χ2n) is 8.20. The van der Waals surface area contributed by atoms with E-state index in [-0.39, 0.29) is 29.7 Å². The van der Waals surface area contributed by atoms with Gasteiger partial charge in [-0.25, -0.2) is 17.8 Å². The van der Waals surface area contributed by atoms with Crippen LogP contribution in [0.25, 0.3) is 0 Å². The molecule has 1 aliphatic heterocycles. The van der Waals surface area contributed by atoms with Crippen LogP contribution >= 0.6 is 0 Å². The molecule has 0 fully saturated rings. The van der Waals surface area contributed by atoms with Gasteiger partial charge in [0.15, 0.2) is 11.6 Å². The van der Waals surface area contributed by atoms with Gasteiger partial charge in [0.05, 0.1) is 36.8 Å². The summed E-state index contributed by atoms with van der Waals surface area (Å²) < 4.78 is 68.0. The lowest BCUT2D eigenvalue weighted by atomic mass is 10.1. The number of aryl methyl sites for hydroxylation is 1. The van der Waals surface area contributed by atoms with Crippen LogP contribution in [0.4, 0.5) is 42.0 Å². The number of alkyl halides is 2. The number of pyridine rings is 1. The van der Waals surface area contributed by atoms with Crippen molar-refractivity contribution in [2.45, 2.75) is 26.4 Å². The van der Waals surface area contributed by atoms with Crippen molar-refractivity contribution in [2.75, 3.05) is 33.1 Å². The van der Waals surface area contributed by atoms with E-state index in [2.05, 4.69) is 25.6 Å². The molecular weight excluding hydrogens is 499 g/mol. The molecule has 0 bridgehead atoms. The van der Waals surface area contributed by atoms with Crippen molar-refractivity contribution in [1.29, 1.82) is 0 Å². The molecule has 2 aromatic heterocycles. The topological polar surface area (TPSA) is 120 Å². The van der Waals surface area contributed by atoms with Crippen molar-refractivity contribution in [3.8, 4) is 0 Å². The first-order chi connectivity index (χ1) is 16.9. The van der Waals surface area contributed by atoms with Crippen LogP contribution in [-0.2, 0) is 27.8 Å². The number of hydrogen-bond donors (Lipinski definition) is 2. The number of aromatic nitrogens is 3. The Morgan fingerprint density at radius 3 is 2.64 bits per heavy atom. The third-order valence-corrected chi connectivity index (χ3v) is 6.66. The summed E-state index contributed by atoms with van der Waals surface area (Å²) >= 11 is 0. The Labute approximate surface area is 205 Å². The van der Waals surface area contributed by atoms with Crippen molar-refractivity contribution in [2.24, 2.45) is 0 Å². The van der Waals surface area contributed by atoms with Gasteiger partial charge in [0.2, 0.25) is 21.9 Å². The molecule has 0 saturated heterocycles. The number of anilines is 5. The number of halogens is 3. The number of nitrogens with one attached hydrogen (secondary N) is 2. The van der Waals surface area contributed by atoms with Crippen LogP contribution in [0.1, 0.15) is 16.8 Å². The van der Waals surface area contributed by atoms with E-state index >= 15 is 0 Å². The molecule has 0 aliphatic carbocycles. The molecule has 0 saturated carbocycles. The first kappa shape index (κ1) is 25.2. The average molecular weight is 522 g/mol. The third-order valence-electron chi connectivity index (χ3n) is 5.47. The molecule has 0 radical (unpaired) electrons. The van der Waals surface area contributed by atoms with Crippen molar-refractivity contribution in [1.82, 2.24) is 15.0 Å². The Balaban J connectivity index is 1.66. The molecular formula is C22H22F3N7O3S. The Hall–Kier alpha value is -3.94.